The first-order chi connectivity index (χ1) is 5.25. The first-order valence-corrected chi connectivity index (χ1v) is 3.53. The molecule has 1 atom stereocenters. The zero-order valence-electron chi connectivity index (χ0n) is 5.79. The predicted octanol–water partition coefficient (Wildman–Crippen LogP) is 1.86. The molecule has 0 aliphatic carbocycles. The van der Waals surface area contributed by atoms with Crippen LogP contribution in [0.25, 0.3) is 0 Å². The highest BCUT2D eigenvalue weighted by atomic mass is 35.5. The molecule has 56 valence electrons. The summed E-state index contributed by atoms with van der Waals surface area (Å²) in [5.74, 6) is 0. The molecule has 0 aliphatic rings. The Morgan fingerprint density at radius 3 is 2.64 bits per heavy atom. The number of rotatable bonds is 1. The number of hydrogen-bond donors (Lipinski definition) is 1. The number of benzene rings is 1. The fourth-order valence-electron chi connectivity index (χ4n) is 0.797. The van der Waals surface area contributed by atoms with Crippen LogP contribution in [0.4, 0.5) is 0 Å². The minimum Gasteiger partial charge on any atom is -0.312 e. The summed E-state index contributed by atoms with van der Waals surface area (Å²) >= 11 is 5.77. The van der Waals surface area contributed by atoms with Crippen LogP contribution in [0, 0.1) is 11.3 Å². The van der Waals surface area contributed by atoms with Crippen LogP contribution in [0.1, 0.15) is 11.6 Å². The third-order valence-electron chi connectivity index (χ3n) is 1.38. The van der Waals surface area contributed by atoms with Crippen LogP contribution in [0.5, 0.6) is 0 Å². The van der Waals surface area contributed by atoms with Gasteiger partial charge in [-0.25, -0.2) is 0 Å². The minimum atomic E-state index is -0.622. The maximum atomic E-state index is 8.48. The van der Waals surface area contributed by atoms with Crippen LogP contribution < -0.4 is 5.73 Å². The van der Waals surface area contributed by atoms with Gasteiger partial charge in [0.1, 0.15) is 6.04 Å². The van der Waals surface area contributed by atoms with E-state index in [-0.39, 0.29) is 0 Å². The lowest BCUT2D eigenvalue weighted by Gasteiger charge is -2.03. The Kier molecular flexibility index (Phi) is 2.48. The highest BCUT2D eigenvalue weighted by Crippen LogP contribution is 2.19. The van der Waals surface area contributed by atoms with Gasteiger partial charge in [-0.3, -0.25) is 0 Å². The first-order valence-electron chi connectivity index (χ1n) is 3.15. The molecule has 0 aromatic heterocycles. The van der Waals surface area contributed by atoms with E-state index in [0.717, 1.165) is 0 Å². The molecule has 0 aliphatic heterocycles. The van der Waals surface area contributed by atoms with E-state index in [2.05, 4.69) is 0 Å². The van der Waals surface area contributed by atoms with Crippen molar-refractivity contribution in [3.05, 3.63) is 34.9 Å². The first kappa shape index (κ1) is 8.06. The van der Waals surface area contributed by atoms with E-state index >= 15 is 0 Å². The van der Waals surface area contributed by atoms with Crippen molar-refractivity contribution < 1.29 is 0 Å². The van der Waals surface area contributed by atoms with Crippen molar-refractivity contribution >= 4 is 11.6 Å². The summed E-state index contributed by atoms with van der Waals surface area (Å²) in [5.41, 5.74) is 6.13. The van der Waals surface area contributed by atoms with Gasteiger partial charge in [0.15, 0.2) is 0 Å². The SMILES string of the molecule is N#C[C@H](N)c1ccccc1Cl. The van der Waals surface area contributed by atoms with E-state index < -0.39 is 6.04 Å². The average molecular weight is 167 g/mol. The second kappa shape index (κ2) is 3.38. The molecule has 2 N–H and O–H groups in total. The maximum absolute atomic E-state index is 8.48. The molecule has 0 radical (unpaired) electrons. The molecule has 3 heteroatoms. The molecule has 0 saturated heterocycles. The van der Waals surface area contributed by atoms with Crippen molar-refractivity contribution in [3.63, 3.8) is 0 Å². The van der Waals surface area contributed by atoms with Crippen LogP contribution in [-0.4, -0.2) is 0 Å². The summed E-state index contributed by atoms with van der Waals surface area (Å²) in [4.78, 5) is 0. The van der Waals surface area contributed by atoms with Crippen LogP contribution in [-0.2, 0) is 0 Å². The summed E-state index contributed by atoms with van der Waals surface area (Å²) in [5, 5.41) is 9.02. The van der Waals surface area contributed by atoms with Crippen LogP contribution in [0.3, 0.4) is 0 Å². The molecular formula is C8H7ClN2. The van der Waals surface area contributed by atoms with Gasteiger partial charge in [0.2, 0.25) is 0 Å². The monoisotopic (exact) mass is 166 g/mol. The van der Waals surface area contributed by atoms with Gasteiger partial charge in [-0.1, -0.05) is 29.8 Å². The zero-order valence-corrected chi connectivity index (χ0v) is 6.55. The summed E-state index contributed by atoms with van der Waals surface area (Å²) in [6, 6.07) is 8.36. The predicted molar refractivity (Wildman–Crippen MR) is 44.0 cm³/mol. The van der Waals surface area contributed by atoms with Crippen molar-refractivity contribution in [2.45, 2.75) is 6.04 Å². The summed E-state index contributed by atoms with van der Waals surface area (Å²) in [6.07, 6.45) is 0. The number of nitrogens with two attached hydrogens (primary N) is 1. The van der Waals surface area contributed by atoms with Gasteiger partial charge in [0, 0.05) is 10.6 Å². The topological polar surface area (TPSA) is 49.8 Å². The average Bonchev–Trinajstić information content (AvgIpc) is 2.04. The highest BCUT2D eigenvalue weighted by molar-refractivity contribution is 6.31. The van der Waals surface area contributed by atoms with Gasteiger partial charge in [0.05, 0.1) is 6.07 Å². The fourth-order valence-corrected chi connectivity index (χ4v) is 1.05. The van der Waals surface area contributed by atoms with E-state index in [9.17, 15) is 0 Å². The van der Waals surface area contributed by atoms with Gasteiger partial charge < -0.3 is 5.73 Å². The van der Waals surface area contributed by atoms with E-state index in [1.54, 1.807) is 24.3 Å². The van der Waals surface area contributed by atoms with Gasteiger partial charge >= 0.3 is 0 Å². The van der Waals surface area contributed by atoms with E-state index in [1.165, 1.54) is 0 Å². The van der Waals surface area contributed by atoms with E-state index in [0.29, 0.717) is 10.6 Å². The second-order valence-corrected chi connectivity index (χ2v) is 2.54. The highest BCUT2D eigenvalue weighted by Gasteiger charge is 2.06. The molecule has 1 rings (SSSR count). The molecule has 0 bridgehead atoms. The number of nitriles is 1. The normalized spacial score (nSPS) is 12.1. The van der Waals surface area contributed by atoms with Crippen LogP contribution in [0.2, 0.25) is 5.02 Å². The molecule has 11 heavy (non-hydrogen) atoms. The van der Waals surface area contributed by atoms with Crippen molar-refractivity contribution in [3.8, 4) is 6.07 Å². The molecular weight excluding hydrogens is 160 g/mol. The molecule has 1 aromatic carbocycles. The Bertz CT molecular complexity index is 290. The van der Waals surface area contributed by atoms with Crippen LogP contribution >= 0.6 is 11.6 Å². The Morgan fingerprint density at radius 2 is 2.09 bits per heavy atom. The number of nitrogens with zero attached hydrogens (tertiary/aromatic N) is 1. The number of hydrogen-bond acceptors (Lipinski definition) is 2. The maximum Gasteiger partial charge on any atom is 0.120 e. The van der Waals surface area contributed by atoms with E-state index in [1.807, 2.05) is 6.07 Å². The summed E-state index contributed by atoms with van der Waals surface area (Å²) in [6.45, 7) is 0. The quantitative estimate of drug-likeness (QED) is 0.693. The van der Waals surface area contributed by atoms with Crippen molar-refractivity contribution in [2.75, 3.05) is 0 Å². The van der Waals surface area contributed by atoms with E-state index in [4.69, 9.17) is 22.6 Å². The molecule has 0 saturated carbocycles. The molecule has 0 heterocycles. The number of halogens is 1. The standard InChI is InChI=1S/C8H7ClN2/c9-7-4-2-1-3-6(7)8(11)5-10/h1-4,8H,11H2/t8-/m0/s1. The molecule has 0 unspecified atom stereocenters. The van der Waals surface area contributed by atoms with Gasteiger partial charge in [-0.15, -0.1) is 0 Å². The summed E-state index contributed by atoms with van der Waals surface area (Å²) in [7, 11) is 0. The lowest BCUT2D eigenvalue weighted by molar-refractivity contribution is 0.926. The lowest BCUT2D eigenvalue weighted by Crippen LogP contribution is -2.07. The van der Waals surface area contributed by atoms with Gasteiger partial charge in [-0.2, -0.15) is 5.26 Å². The Balaban J connectivity index is 3.05. The Morgan fingerprint density at radius 1 is 1.45 bits per heavy atom. The van der Waals surface area contributed by atoms with Gasteiger partial charge in [0.25, 0.3) is 0 Å². The minimum absolute atomic E-state index is 0.543. The third-order valence-corrected chi connectivity index (χ3v) is 1.72. The van der Waals surface area contributed by atoms with Crippen molar-refractivity contribution in [1.29, 1.82) is 5.26 Å². The van der Waals surface area contributed by atoms with Crippen LogP contribution in [0.15, 0.2) is 24.3 Å². The Labute approximate surface area is 70.2 Å². The van der Waals surface area contributed by atoms with Crippen molar-refractivity contribution in [1.82, 2.24) is 0 Å². The second-order valence-electron chi connectivity index (χ2n) is 2.13. The smallest absolute Gasteiger partial charge is 0.120 e. The molecule has 1 aromatic rings. The van der Waals surface area contributed by atoms with Crippen molar-refractivity contribution in [2.24, 2.45) is 5.73 Å². The fraction of sp³-hybridized carbons (Fsp3) is 0.125. The largest absolute Gasteiger partial charge is 0.312 e. The van der Waals surface area contributed by atoms with Gasteiger partial charge in [-0.05, 0) is 6.07 Å². The zero-order chi connectivity index (χ0) is 8.27. The Hall–Kier alpha value is -1.04. The molecule has 0 fully saturated rings. The summed E-state index contributed by atoms with van der Waals surface area (Å²) < 4.78 is 0. The lowest BCUT2D eigenvalue weighted by atomic mass is 10.1. The molecule has 2 nitrogen and oxygen atoms in total. The third kappa shape index (κ3) is 1.70. The molecule has 0 amide bonds. The molecule has 0 spiro atoms.